The van der Waals surface area contributed by atoms with E-state index in [0.29, 0.717) is 0 Å². The number of methoxy groups -OCH3 is 2. The largest absolute Gasteiger partial charge is 0.497 e. The number of benzene rings is 4. The minimum Gasteiger partial charge on any atom is -0.497 e. The molecular weight excluding hydrogens is 524 g/mol. The van der Waals surface area contributed by atoms with Crippen LogP contribution in [0.4, 0.5) is 5.69 Å². The van der Waals surface area contributed by atoms with E-state index >= 15 is 0 Å². The van der Waals surface area contributed by atoms with Gasteiger partial charge in [-0.2, -0.15) is 0 Å². The third-order valence-electron chi connectivity index (χ3n) is 7.35. The van der Waals surface area contributed by atoms with Crippen molar-refractivity contribution in [2.45, 2.75) is 24.7 Å². The number of hydrogen-bond donors (Lipinski definition) is 0. The molecule has 4 aromatic carbocycles. The summed E-state index contributed by atoms with van der Waals surface area (Å²) in [4.78, 5) is 7.34. The Hall–Kier alpha value is -4.48. The van der Waals surface area contributed by atoms with Crippen molar-refractivity contribution in [3.8, 4) is 28.4 Å². The highest BCUT2D eigenvalue weighted by Crippen LogP contribution is 2.46. The summed E-state index contributed by atoms with van der Waals surface area (Å²) in [6.45, 7) is 2.13. The summed E-state index contributed by atoms with van der Waals surface area (Å²) < 4.78 is 13.2. The number of aliphatic imine (C=N–C) groups is 1. The van der Waals surface area contributed by atoms with Crippen LogP contribution in [-0.2, 0) is 6.42 Å². The summed E-state index contributed by atoms with van der Waals surface area (Å²) in [7, 11) is 3.38. The average molecular weight is 557 g/mol. The summed E-state index contributed by atoms with van der Waals surface area (Å²) in [6, 6.07) is 38.0. The number of aryl methyl sites for hydroxylation is 1. The Morgan fingerprint density at radius 1 is 0.756 bits per heavy atom. The predicted molar refractivity (Wildman–Crippen MR) is 171 cm³/mol. The van der Waals surface area contributed by atoms with Gasteiger partial charge in [0.05, 0.1) is 25.6 Å². The molecule has 1 aliphatic rings. The number of rotatable bonds is 8. The molecule has 0 radical (unpaired) electrons. The number of allylic oxidation sites excluding steroid dienone is 1. The maximum atomic E-state index is 5.45. The third kappa shape index (κ3) is 5.72. The van der Waals surface area contributed by atoms with Gasteiger partial charge in [0.15, 0.2) is 0 Å². The molecule has 6 rings (SSSR count). The molecule has 1 heterocycles. The van der Waals surface area contributed by atoms with E-state index in [1.807, 2.05) is 54.4 Å². The summed E-state index contributed by atoms with van der Waals surface area (Å²) in [5, 5.41) is 0. The molecule has 0 saturated carbocycles. The van der Waals surface area contributed by atoms with E-state index in [-0.39, 0.29) is 0 Å². The van der Waals surface area contributed by atoms with E-state index in [2.05, 4.69) is 84.3 Å². The zero-order chi connectivity index (χ0) is 28.2. The van der Waals surface area contributed by atoms with Crippen molar-refractivity contribution in [1.82, 2.24) is 4.57 Å². The van der Waals surface area contributed by atoms with Gasteiger partial charge < -0.3 is 14.0 Å². The second-order valence-electron chi connectivity index (χ2n) is 10.0. The lowest BCUT2D eigenvalue weighted by Crippen LogP contribution is -2.09. The van der Waals surface area contributed by atoms with Gasteiger partial charge in [0, 0.05) is 33.0 Å². The first-order valence-corrected chi connectivity index (χ1v) is 14.6. The predicted octanol–water partition coefficient (Wildman–Crippen LogP) is 9.32. The molecule has 0 unspecified atom stereocenters. The normalized spacial score (nSPS) is 13.0. The Morgan fingerprint density at radius 3 is 2.07 bits per heavy atom. The second-order valence-corrected chi connectivity index (χ2v) is 11.1. The van der Waals surface area contributed by atoms with Gasteiger partial charge in [-0.15, -0.1) is 0 Å². The number of thioether (sulfide) groups is 1. The molecule has 0 bridgehead atoms. The van der Waals surface area contributed by atoms with Crippen molar-refractivity contribution in [2.24, 2.45) is 4.99 Å². The van der Waals surface area contributed by atoms with E-state index in [9.17, 15) is 0 Å². The fourth-order valence-electron chi connectivity index (χ4n) is 5.17. The molecule has 41 heavy (non-hydrogen) atoms. The number of nitrogens with zero attached hydrogens (tertiary/aromatic N) is 2. The molecule has 0 N–H and O–H groups in total. The summed E-state index contributed by atoms with van der Waals surface area (Å²) in [6.07, 6.45) is 3.86. The van der Waals surface area contributed by atoms with Gasteiger partial charge >= 0.3 is 0 Å². The number of aromatic nitrogens is 1. The van der Waals surface area contributed by atoms with Gasteiger partial charge in [0.1, 0.15) is 11.5 Å². The highest BCUT2D eigenvalue weighted by Gasteiger charge is 2.26. The van der Waals surface area contributed by atoms with Crippen molar-refractivity contribution < 1.29 is 9.47 Å². The van der Waals surface area contributed by atoms with Crippen molar-refractivity contribution in [2.75, 3.05) is 14.2 Å². The lowest BCUT2D eigenvalue weighted by molar-refractivity contribution is 0.414. The standard InChI is InChI=1S/C36H32N2O2S/c1-25-9-20-32(21-10-25)41-36-27(24-37-28-12-16-30(39-2)17-13-28)11-22-34-33(36)23-35(26-7-5-4-6-8-26)38(34)29-14-18-31(40-3)19-15-29/h4-10,12-21,23-24H,11,22H2,1-3H3. The third-order valence-corrected chi connectivity index (χ3v) is 8.55. The SMILES string of the molecule is COc1ccc(N=CC2=C(Sc3ccc(C)cc3)c3cc(-c4ccccc4)n(-c4ccc(OC)cc4)c3CC2)cc1. The van der Waals surface area contributed by atoms with Gasteiger partial charge in [0.25, 0.3) is 0 Å². The molecule has 5 aromatic rings. The van der Waals surface area contributed by atoms with Gasteiger partial charge in [-0.1, -0.05) is 59.8 Å². The molecule has 0 fully saturated rings. The van der Waals surface area contributed by atoms with E-state index in [0.717, 1.165) is 35.7 Å². The second kappa shape index (κ2) is 11.9. The van der Waals surface area contributed by atoms with Gasteiger partial charge in [-0.05, 0) is 97.6 Å². The Morgan fingerprint density at radius 2 is 1.41 bits per heavy atom. The molecule has 204 valence electrons. The lowest BCUT2D eigenvalue weighted by Gasteiger charge is -2.21. The summed E-state index contributed by atoms with van der Waals surface area (Å²) in [5.74, 6) is 1.68. The number of hydrogen-bond acceptors (Lipinski definition) is 4. The summed E-state index contributed by atoms with van der Waals surface area (Å²) in [5.41, 5.74) is 9.46. The van der Waals surface area contributed by atoms with Crippen LogP contribution in [0.25, 0.3) is 21.8 Å². The van der Waals surface area contributed by atoms with Crippen LogP contribution in [0, 0.1) is 6.92 Å². The molecule has 0 aliphatic heterocycles. The highest BCUT2D eigenvalue weighted by molar-refractivity contribution is 8.08. The van der Waals surface area contributed by atoms with Gasteiger partial charge in [-0.3, -0.25) is 4.99 Å². The van der Waals surface area contributed by atoms with E-state index in [4.69, 9.17) is 14.5 Å². The zero-order valence-electron chi connectivity index (χ0n) is 23.5. The number of ether oxygens (including phenoxy) is 2. The minimum atomic E-state index is 0.828. The van der Waals surface area contributed by atoms with E-state index in [1.165, 1.54) is 43.5 Å². The zero-order valence-corrected chi connectivity index (χ0v) is 24.3. The maximum absolute atomic E-state index is 5.45. The highest BCUT2D eigenvalue weighted by atomic mass is 32.2. The maximum Gasteiger partial charge on any atom is 0.119 e. The van der Waals surface area contributed by atoms with Crippen LogP contribution in [0.2, 0.25) is 0 Å². The smallest absolute Gasteiger partial charge is 0.119 e. The Kier molecular flexibility index (Phi) is 7.79. The molecular formula is C36H32N2O2S. The van der Waals surface area contributed by atoms with Gasteiger partial charge in [0.2, 0.25) is 0 Å². The fraction of sp³-hybridized carbons (Fsp3) is 0.139. The summed E-state index contributed by atoms with van der Waals surface area (Å²) >= 11 is 1.82. The molecule has 0 saturated heterocycles. The van der Waals surface area contributed by atoms with Crippen molar-refractivity contribution in [3.05, 3.63) is 132 Å². The Bertz CT molecular complexity index is 1700. The van der Waals surface area contributed by atoms with Crippen molar-refractivity contribution in [3.63, 3.8) is 0 Å². The van der Waals surface area contributed by atoms with Crippen LogP contribution in [0.3, 0.4) is 0 Å². The molecule has 4 nitrogen and oxygen atoms in total. The van der Waals surface area contributed by atoms with Crippen molar-refractivity contribution >= 4 is 28.6 Å². The minimum absolute atomic E-state index is 0.828. The molecule has 0 spiro atoms. The molecule has 1 aromatic heterocycles. The van der Waals surface area contributed by atoms with Crippen LogP contribution >= 0.6 is 11.8 Å². The molecule has 0 atom stereocenters. The topological polar surface area (TPSA) is 35.8 Å². The monoisotopic (exact) mass is 556 g/mol. The van der Waals surface area contributed by atoms with Crippen LogP contribution in [-0.4, -0.2) is 25.0 Å². The first-order chi connectivity index (χ1) is 20.1. The molecule has 5 heteroatoms. The van der Waals surface area contributed by atoms with Crippen LogP contribution in [0.15, 0.2) is 125 Å². The van der Waals surface area contributed by atoms with E-state index in [1.54, 1.807) is 14.2 Å². The lowest BCUT2D eigenvalue weighted by atomic mass is 9.97. The Balaban J connectivity index is 1.51. The quantitative estimate of drug-likeness (QED) is 0.179. The fourth-order valence-corrected chi connectivity index (χ4v) is 6.25. The first kappa shape index (κ1) is 26.7. The molecule has 0 amide bonds. The first-order valence-electron chi connectivity index (χ1n) is 13.7. The van der Waals surface area contributed by atoms with Crippen LogP contribution in [0.1, 0.15) is 23.2 Å². The van der Waals surface area contributed by atoms with Gasteiger partial charge in [-0.25, -0.2) is 0 Å². The van der Waals surface area contributed by atoms with Crippen LogP contribution < -0.4 is 9.47 Å². The van der Waals surface area contributed by atoms with Crippen molar-refractivity contribution in [1.29, 1.82) is 0 Å². The average Bonchev–Trinajstić information content (AvgIpc) is 3.42. The number of fused-ring (bicyclic) bond motifs is 1. The molecule has 1 aliphatic carbocycles. The Labute approximate surface area is 246 Å². The van der Waals surface area contributed by atoms with Crippen LogP contribution in [0.5, 0.6) is 11.5 Å². The van der Waals surface area contributed by atoms with E-state index < -0.39 is 0 Å².